The molecule has 1 heterocycles. The molecular formula is C10H11N3O. The van der Waals surface area contributed by atoms with Crippen LogP contribution in [0.15, 0.2) is 18.3 Å². The number of methoxy groups -OCH3 is 1. The third-order valence-corrected chi connectivity index (χ3v) is 2.05. The molecule has 0 atom stereocenters. The maximum absolute atomic E-state index is 5.75. The van der Waals surface area contributed by atoms with Crippen molar-refractivity contribution in [3.8, 4) is 5.75 Å². The maximum Gasteiger partial charge on any atom is 0.143 e. The second-order valence-corrected chi connectivity index (χ2v) is 3.07. The first-order valence-electron chi connectivity index (χ1n) is 4.27. The number of benzene rings is 1. The molecule has 0 saturated heterocycles. The molecule has 0 aliphatic heterocycles. The lowest BCUT2D eigenvalue weighted by molar-refractivity contribution is 0.417. The molecule has 1 aromatic heterocycles. The summed E-state index contributed by atoms with van der Waals surface area (Å²) in [5.41, 5.74) is 7.21. The number of nitrogens with zero attached hydrogens (tertiary/aromatic N) is 2. The molecule has 0 spiro atoms. The van der Waals surface area contributed by atoms with Crippen molar-refractivity contribution in [3.05, 3.63) is 24.2 Å². The first-order chi connectivity index (χ1) is 6.70. The monoisotopic (exact) mass is 189 g/mol. The van der Waals surface area contributed by atoms with Crippen molar-refractivity contribution in [1.29, 1.82) is 0 Å². The Kier molecular flexibility index (Phi) is 1.96. The van der Waals surface area contributed by atoms with Crippen molar-refractivity contribution in [1.82, 2.24) is 9.97 Å². The standard InChI is InChI=1S/C10H11N3O/c1-6-12-5-7-3-8(11)10(14-2)4-9(7)13-6/h3-5H,11H2,1-2H3. The number of hydrogen-bond donors (Lipinski definition) is 1. The van der Waals surface area contributed by atoms with Crippen LogP contribution < -0.4 is 10.5 Å². The van der Waals surface area contributed by atoms with Gasteiger partial charge in [0.25, 0.3) is 0 Å². The van der Waals surface area contributed by atoms with E-state index in [2.05, 4.69) is 9.97 Å². The van der Waals surface area contributed by atoms with Gasteiger partial charge in [0.1, 0.15) is 11.6 Å². The summed E-state index contributed by atoms with van der Waals surface area (Å²) < 4.78 is 5.11. The highest BCUT2D eigenvalue weighted by molar-refractivity contribution is 5.84. The summed E-state index contributed by atoms with van der Waals surface area (Å²) in [7, 11) is 1.59. The minimum atomic E-state index is 0.604. The van der Waals surface area contributed by atoms with Crippen LogP contribution >= 0.6 is 0 Å². The van der Waals surface area contributed by atoms with Gasteiger partial charge in [-0.05, 0) is 13.0 Å². The molecule has 4 heteroatoms. The van der Waals surface area contributed by atoms with Crippen LogP contribution in [0.1, 0.15) is 5.82 Å². The van der Waals surface area contributed by atoms with Crippen molar-refractivity contribution in [2.75, 3.05) is 12.8 Å². The lowest BCUT2D eigenvalue weighted by atomic mass is 10.2. The molecule has 2 rings (SSSR count). The van der Waals surface area contributed by atoms with E-state index in [0.29, 0.717) is 11.4 Å². The summed E-state index contributed by atoms with van der Waals surface area (Å²) in [5, 5.41) is 0.925. The Morgan fingerprint density at radius 2 is 2.14 bits per heavy atom. The highest BCUT2D eigenvalue weighted by Crippen LogP contribution is 2.26. The average Bonchev–Trinajstić information content (AvgIpc) is 2.17. The normalized spacial score (nSPS) is 10.4. The van der Waals surface area contributed by atoms with Gasteiger partial charge >= 0.3 is 0 Å². The second kappa shape index (κ2) is 3.14. The van der Waals surface area contributed by atoms with Gasteiger partial charge in [-0.2, -0.15) is 0 Å². The lowest BCUT2D eigenvalue weighted by Gasteiger charge is -2.05. The Balaban J connectivity index is 2.73. The summed E-state index contributed by atoms with van der Waals surface area (Å²) in [4.78, 5) is 8.38. The van der Waals surface area contributed by atoms with Gasteiger partial charge in [-0.1, -0.05) is 0 Å². The van der Waals surface area contributed by atoms with E-state index in [0.717, 1.165) is 16.7 Å². The molecule has 0 saturated carbocycles. The fraction of sp³-hybridized carbons (Fsp3) is 0.200. The van der Waals surface area contributed by atoms with Gasteiger partial charge in [0.05, 0.1) is 18.3 Å². The fourth-order valence-corrected chi connectivity index (χ4v) is 1.35. The zero-order valence-electron chi connectivity index (χ0n) is 8.11. The molecule has 0 aliphatic rings. The highest BCUT2D eigenvalue weighted by atomic mass is 16.5. The zero-order chi connectivity index (χ0) is 10.1. The Hall–Kier alpha value is -1.84. The van der Waals surface area contributed by atoms with Gasteiger partial charge in [0, 0.05) is 17.6 Å². The fourth-order valence-electron chi connectivity index (χ4n) is 1.35. The molecule has 2 N–H and O–H groups in total. The van der Waals surface area contributed by atoms with Gasteiger partial charge in [0.2, 0.25) is 0 Å². The van der Waals surface area contributed by atoms with E-state index < -0.39 is 0 Å². The molecule has 0 radical (unpaired) electrons. The number of aromatic nitrogens is 2. The van der Waals surface area contributed by atoms with Crippen LogP contribution in [0, 0.1) is 6.92 Å². The molecular weight excluding hydrogens is 178 g/mol. The van der Waals surface area contributed by atoms with Crippen LogP contribution in [-0.2, 0) is 0 Å². The van der Waals surface area contributed by atoms with E-state index in [4.69, 9.17) is 10.5 Å². The van der Waals surface area contributed by atoms with E-state index >= 15 is 0 Å². The van der Waals surface area contributed by atoms with Crippen molar-refractivity contribution >= 4 is 16.6 Å². The van der Waals surface area contributed by atoms with E-state index in [-0.39, 0.29) is 0 Å². The third kappa shape index (κ3) is 1.35. The predicted octanol–water partition coefficient (Wildman–Crippen LogP) is 1.53. The minimum Gasteiger partial charge on any atom is -0.495 e. The van der Waals surface area contributed by atoms with Crippen molar-refractivity contribution in [2.24, 2.45) is 0 Å². The van der Waals surface area contributed by atoms with E-state index in [1.54, 1.807) is 13.3 Å². The predicted molar refractivity (Wildman–Crippen MR) is 55.2 cm³/mol. The summed E-state index contributed by atoms with van der Waals surface area (Å²) in [6, 6.07) is 3.63. The molecule has 72 valence electrons. The number of fused-ring (bicyclic) bond motifs is 1. The number of hydrogen-bond acceptors (Lipinski definition) is 4. The van der Waals surface area contributed by atoms with Crippen molar-refractivity contribution in [2.45, 2.75) is 6.92 Å². The van der Waals surface area contributed by atoms with Crippen LogP contribution in [0.5, 0.6) is 5.75 Å². The van der Waals surface area contributed by atoms with Crippen LogP contribution in [0.3, 0.4) is 0 Å². The Morgan fingerprint density at radius 3 is 2.86 bits per heavy atom. The number of anilines is 1. The van der Waals surface area contributed by atoms with Gasteiger partial charge in [-0.25, -0.2) is 9.97 Å². The average molecular weight is 189 g/mol. The topological polar surface area (TPSA) is 61.0 Å². The second-order valence-electron chi connectivity index (χ2n) is 3.07. The number of rotatable bonds is 1. The van der Waals surface area contributed by atoms with Crippen LogP contribution in [0.25, 0.3) is 10.9 Å². The van der Waals surface area contributed by atoms with E-state index in [1.807, 2.05) is 19.1 Å². The van der Waals surface area contributed by atoms with Crippen LogP contribution in [0.4, 0.5) is 5.69 Å². The maximum atomic E-state index is 5.75. The SMILES string of the molecule is COc1cc2nc(C)ncc2cc1N. The largest absolute Gasteiger partial charge is 0.495 e. The Labute approximate surface area is 81.7 Å². The molecule has 14 heavy (non-hydrogen) atoms. The van der Waals surface area contributed by atoms with E-state index in [9.17, 15) is 0 Å². The smallest absolute Gasteiger partial charge is 0.143 e. The van der Waals surface area contributed by atoms with E-state index in [1.165, 1.54) is 0 Å². The van der Waals surface area contributed by atoms with Gasteiger partial charge in [-0.3, -0.25) is 0 Å². The molecule has 1 aromatic carbocycles. The van der Waals surface area contributed by atoms with Crippen molar-refractivity contribution < 1.29 is 4.74 Å². The van der Waals surface area contributed by atoms with Crippen LogP contribution in [-0.4, -0.2) is 17.1 Å². The highest BCUT2D eigenvalue weighted by Gasteiger charge is 2.03. The molecule has 0 aliphatic carbocycles. The first-order valence-corrected chi connectivity index (χ1v) is 4.27. The summed E-state index contributed by atoms with van der Waals surface area (Å²) >= 11 is 0. The molecule has 2 aromatic rings. The molecule has 4 nitrogen and oxygen atoms in total. The quantitative estimate of drug-likeness (QED) is 0.691. The summed E-state index contributed by atoms with van der Waals surface area (Å²) in [5.74, 6) is 1.39. The summed E-state index contributed by atoms with van der Waals surface area (Å²) in [6.07, 6.45) is 1.76. The molecule has 0 bridgehead atoms. The number of nitrogens with two attached hydrogens (primary N) is 1. The molecule has 0 unspecified atom stereocenters. The van der Waals surface area contributed by atoms with Gasteiger partial charge in [0.15, 0.2) is 0 Å². The van der Waals surface area contributed by atoms with Gasteiger partial charge < -0.3 is 10.5 Å². The molecule has 0 amide bonds. The Morgan fingerprint density at radius 1 is 1.36 bits per heavy atom. The number of aryl methyl sites for hydroxylation is 1. The number of nitrogen functional groups attached to an aromatic ring is 1. The van der Waals surface area contributed by atoms with Crippen LogP contribution in [0.2, 0.25) is 0 Å². The van der Waals surface area contributed by atoms with Crippen molar-refractivity contribution in [3.63, 3.8) is 0 Å². The Bertz CT molecular complexity index is 482. The minimum absolute atomic E-state index is 0.604. The van der Waals surface area contributed by atoms with Gasteiger partial charge in [-0.15, -0.1) is 0 Å². The first kappa shape index (κ1) is 8.74. The zero-order valence-corrected chi connectivity index (χ0v) is 8.11. The third-order valence-electron chi connectivity index (χ3n) is 2.05. The summed E-state index contributed by atoms with van der Waals surface area (Å²) in [6.45, 7) is 1.85. The molecule has 0 fully saturated rings. The lowest BCUT2D eigenvalue weighted by Crippen LogP contribution is -1.94. The number of ether oxygens (including phenoxy) is 1.